The van der Waals surface area contributed by atoms with Gasteiger partial charge < -0.3 is 19.7 Å². The summed E-state index contributed by atoms with van der Waals surface area (Å²) in [7, 11) is 5.17. The fourth-order valence-corrected chi connectivity index (χ4v) is 2.35. The molecule has 0 saturated carbocycles. The predicted octanol–water partition coefficient (Wildman–Crippen LogP) is 3.95. The Morgan fingerprint density at radius 3 is 2.50 bits per heavy atom. The van der Waals surface area contributed by atoms with Gasteiger partial charge in [-0.1, -0.05) is 29.8 Å². The van der Waals surface area contributed by atoms with Gasteiger partial charge in [-0.3, -0.25) is 0 Å². The maximum Gasteiger partial charge on any atom is 0.414 e. The Bertz CT molecular complexity index is 696. The van der Waals surface area contributed by atoms with Crippen LogP contribution in [0.15, 0.2) is 42.5 Å². The zero-order valence-electron chi connectivity index (χ0n) is 14.9. The molecule has 26 heavy (non-hydrogen) atoms. The summed E-state index contributed by atoms with van der Waals surface area (Å²) in [6.07, 6.45) is 0.349. The van der Waals surface area contributed by atoms with E-state index in [1.165, 1.54) is 4.90 Å². The van der Waals surface area contributed by atoms with E-state index in [4.69, 9.17) is 21.1 Å². The van der Waals surface area contributed by atoms with Crippen LogP contribution in [0.5, 0.6) is 11.6 Å². The lowest BCUT2D eigenvalue weighted by atomic mass is 10.0. The number of ether oxygens (including phenoxy) is 2. The molecule has 0 fully saturated rings. The molecule has 8 heteroatoms. The molecule has 1 heterocycles. The van der Waals surface area contributed by atoms with Crippen molar-refractivity contribution in [1.82, 2.24) is 15.2 Å². The quantitative estimate of drug-likeness (QED) is 0.714. The monoisotopic (exact) mass is 399 g/mol. The first-order valence-corrected chi connectivity index (χ1v) is 8.29. The highest BCUT2D eigenvalue weighted by Crippen LogP contribution is 2.21. The fraction of sp³-hybridized carbons (Fsp3) is 0.333. The van der Waals surface area contributed by atoms with Gasteiger partial charge in [0.05, 0.1) is 6.61 Å². The molecular formula is C18H23Cl2N3O3. The summed E-state index contributed by atoms with van der Waals surface area (Å²) in [6.45, 7) is 0.496. The van der Waals surface area contributed by atoms with Crippen LogP contribution in [-0.4, -0.2) is 43.7 Å². The maximum atomic E-state index is 11.5. The number of rotatable bonds is 7. The van der Waals surface area contributed by atoms with Gasteiger partial charge in [0.1, 0.15) is 10.9 Å². The number of carbonyl (C=O) groups is 1. The van der Waals surface area contributed by atoms with E-state index in [0.717, 1.165) is 12.0 Å². The van der Waals surface area contributed by atoms with Crippen molar-refractivity contribution in [2.24, 2.45) is 0 Å². The molecule has 0 radical (unpaired) electrons. The van der Waals surface area contributed by atoms with Gasteiger partial charge in [0.2, 0.25) is 5.88 Å². The van der Waals surface area contributed by atoms with Crippen molar-refractivity contribution >= 4 is 30.1 Å². The molecule has 2 rings (SSSR count). The predicted molar refractivity (Wildman–Crippen MR) is 105 cm³/mol. The van der Waals surface area contributed by atoms with Crippen molar-refractivity contribution < 1.29 is 14.3 Å². The van der Waals surface area contributed by atoms with Gasteiger partial charge in [-0.05, 0) is 30.8 Å². The van der Waals surface area contributed by atoms with Crippen LogP contribution >= 0.6 is 24.0 Å². The summed E-state index contributed by atoms with van der Waals surface area (Å²) in [4.78, 5) is 17.0. The highest BCUT2D eigenvalue weighted by atomic mass is 35.5. The average Bonchev–Trinajstić information content (AvgIpc) is 2.59. The third kappa shape index (κ3) is 6.71. The molecule has 2 aromatic rings. The van der Waals surface area contributed by atoms with Crippen LogP contribution < -0.4 is 14.8 Å². The Balaban J connectivity index is 0.00000338. The van der Waals surface area contributed by atoms with Crippen LogP contribution in [0, 0.1) is 0 Å². The molecule has 6 nitrogen and oxygen atoms in total. The molecule has 1 atom stereocenters. The van der Waals surface area contributed by atoms with Crippen molar-refractivity contribution in [2.45, 2.75) is 12.5 Å². The molecule has 0 aliphatic carbocycles. The number of amides is 1. The number of halogens is 2. The van der Waals surface area contributed by atoms with Gasteiger partial charge in [-0.2, -0.15) is 0 Å². The topological polar surface area (TPSA) is 63.7 Å². The van der Waals surface area contributed by atoms with Gasteiger partial charge in [-0.25, -0.2) is 9.78 Å². The molecule has 1 N–H and O–H groups in total. The largest absolute Gasteiger partial charge is 0.478 e. The van der Waals surface area contributed by atoms with Crippen molar-refractivity contribution in [3.8, 4) is 11.6 Å². The number of hydrogen-bond donors (Lipinski definition) is 1. The van der Waals surface area contributed by atoms with E-state index in [9.17, 15) is 4.79 Å². The lowest BCUT2D eigenvalue weighted by Gasteiger charge is -2.17. The lowest BCUT2D eigenvalue weighted by Crippen LogP contribution is -2.25. The molecule has 0 aliphatic rings. The second-order valence-corrected chi connectivity index (χ2v) is 6.00. The third-order valence-corrected chi connectivity index (χ3v) is 3.76. The molecule has 1 amide bonds. The minimum absolute atomic E-state index is 0. The van der Waals surface area contributed by atoms with Crippen LogP contribution in [0.25, 0.3) is 0 Å². The number of hydrogen-bond acceptors (Lipinski definition) is 5. The molecule has 1 unspecified atom stereocenters. The van der Waals surface area contributed by atoms with Crippen molar-refractivity contribution in [1.29, 1.82) is 0 Å². The molecule has 0 saturated heterocycles. The Morgan fingerprint density at radius 1 is 1.23 bits per heavy atom. The summed E-state index contributed by atoms with van der Waals surface area (Å²) < 4.78 is 10.8. The maximum absolute atomic E-state index is 11.5. The van der Waals surface area contributed by atoms with Gasteiger partial charge in [0.25, 0.3) is 0 Å². The smallest absolute Gasteiger partial charge is 0.414 e. The summed E-state index contributed by atoms with van der Waals surface area (Å²) in [5.41, 5.74) is 1.08. The number of pyridine rings is 1. The molecule has 1 aromatic heterocycles. The molecule has 142 valence electrons. The fourth-order valence-electron chi connectivity index (χ4n) is 2.19. The van der Waals surface area contributed by atoms with Crippen LogP contribution in [0.2, 0.25) is 5.15 Å². The Kier molecular flexibility index (Phi) is 9.19. The first kappa shape index (κ1) is 22.0. The summed E-state index contributed by atoms with van der Waals surface area (Å²) >= 11 is 5.84. The summed E-state index contributed by atoms with van der Waals surface area (Å²) in [6, 6.07) is 12.8. The Morgan fingerprint density at radius 2 is 1.92 bits per heavy atom. The number of nitrogens with zero attached hydrogens (tertiary/aromatic N) is 2. The molecular weight excluding hydrogens is 377 g/mol. The van der Waals surface area contributed by atoms with Crippen molar-refractivity contribution in [3.05, 3.63) is 53.2 Å². The average molecular weight is 400 g/mol. The van der Waals surface area contributed by atoms with E-state index in [0.29, 0.717) is 23.4 Å². The number of nitrogens with one attached hydrogen (secondary N) is 1. The lowest BCUT2D eigenvalue weighted by molar-refractivity contribution is 0.172. The zero-order valence-corrected chi connectivity index (χ0v) is 16.5. The third-order valence-electron chi connectivity index (χ3n) is 3.55. The Labute approximate surface area is 164 Å². The van der Waals surface area contributed by atoms with E-state index in [2.05, 4.69) is 10.3 Å². The molecule has 0 spiro atoms. The second kappa shape index (κ2) is 10.9. The van der Waals surface area contributed by atoms with E-state index in [1.807, 2.05) is 19.2 Å². The summed E-state index contributed by atoms with van der Waals surface area (Å²) in [5.74, 6) is 1.02. The van der Waals surface area contributed by atoms with Crippen LogP contribution in [0.4, 0.5) is 4.79 Å². The van der Waals surface area contributed by atoms with Gasteiger partial charge in [0, 0.05) is 32.6 Å². The summed E-state index contributed by atoms with van der Waals surface area (Å²) in [5, 5.41) is 3.66. The minimum atomic E-state index is -0.402. The minimum Gasteiger partial charge on any atom is -0.478 e. The molecule has 0 bridgehead atoms. The van der Waals surface area contributed by atoms with E-state index in [-0.39, 0.29) is 18.4 Å². The van der Waals surface area contributed by atoms with Crippen LogP contribution in [0.3, 0.4) is 0 Å². The zero-order chi connectivity index (χ0) is 18.2. The van der Waals surface area contributed by atoms with Gasteiger partial charge in [0.15, 0.2) is 0 Å². The SMILES string of the molecule is CNC(CCOc1cccc(Cl)n1)c1ccc(OC(=O)N(C)C)cc1.Cl. The highest BCUT2D eigenvalue weighted by molar-refractivity contribution is 6.29. The van der Waals surface area contributed by atoms with Gasteiger partial charge in [-0.15, -0.1) is 12.4 Å². The highest BCUT2D eigenvalue weighted by Gasteiger charge is 2.11. The van der Waals surface area contributed by atoms with Crippen molar-refractivity contribution in [2.75, 3.05) is 27.7 Å². The van der Waals surface area contributed by atoms with Crippen molar-refractivity contribution in [3.63, 3.8) is 0 Å². The molecule has 1 aromatic carbocycles. The first-order chi connectivity index (χ1) is 12.0. The van der Waals surface area contributed by atoms with Gasteiger partial charge >= 0.3 is 6.09 Å². The Hall–Kier alpha value is -2.02. The number of carbonyl (C=O) groups excluding carboxylic acids is 1. The standard InChI is InChI=1S/C18H22ClN3O3.ClH/c1-20-15(11-12-24-17-6-4-5-16(19)21-17)13-7-9-14(10-8-13)25-18(23)22(2)3;/h4-10,15,20H,11-12H2,1-3H3;1H. The van der Waals surface area contributed by atoms with E-state index >= 15 is 0 Å². The van der Waals surface area contributed by atoms with Crippen LogP contribution in [0.1, 0.15) is 18.0 Å². The normalized spacial score (nSPS) is 11.2. The van der Waals surface area contributed by atoms with E-state index in [1.54, 1.807) is 44.4 Å². The number of benzene rings is 1. The number of aromatic nitrogens is 1. The van der Waals surface area contributed by atoms with Crippen LogP contribution in [-0.2, 0) is 0 Å². The van der Waals surface area contributed by atoms with E-state index < -0.39 is 6.09 Å². The second-order valence-electron chi connectivity index (χ2n) is 5.61. The molecule has 0 aliphatic heterocycles. The first-order valence-electron chi connectivity index (χ1n) is 7.91.